The summed E-state index contributed by atoms with van der Waals surface area (Å²) in [5, 5.41) is 0.396. The molecule has 0 spiro atoms. The molecule has 0 aliphatic rings. The van der Waals surface area contributed by atoms with Gasteiger partial charge in [0, 0.05) is 5.02 Å². The van der Waals surface area contributed by atoms with Gasteiger partial charge in [0.15, 0.2) is 18.1 Å². The minimum atomic E-state index is -4.21. The van der Waals surface area contributed by atoms with Crippen molar-refractivity contribution < 1.29 is 22.7 Å². The lowest BCUT2D eigenvalue weighted by atomic mass is 10.1. The lowest BCUT2D eigenvalue weighted by molar-refractivity contribution is -0.119. The van der Waals surface area contributed by atoms with Crippen LogP contribution in [0.2, 0.25) is 5.02 Å². The number of para-hydroxylation sites is 2. The van der Waals surface area contributed by atoms with E-state index < -0.39 is 22.5 Å². The fourth-order valence-electron chi connectivity index (χ4n) is 3.35. The van der Waals surface area contributed by atoms with Crippen LogP contribution in [0.3, 0.4) is 0 Å². The van der Waals surface area contributed by atoms with Gasteiger partial charge in [-0.15, -0.1) is 0 Å². The molecule has 0 aliphatic heterocycles. The molecule has 1 amide bonds. The van der Waals surface area contributed by atoms with Gasteiger partial charge in [0.25, 0.3) is 15.9 Å². The van der Waals surface area contributed by atoms with Crippen LogP contribution in [-0.2, 0) is 21.2 Å². The third-order valence-corrected chi connectivity index (χ3v) is 7.08. The van der Waals surface area contributed by atoms with Crippen LogP contribution in [0, 0.1) is 0 Å². The van der Waals surface area contributed by atoms with Gasteiger partial charge in [0.1, 0.15) is 0 Å². The number of carbonyl (C=O) groups excluding carboxylic acids is 1. The number of ether oxygens (including phenoxy) is 2. The van der Waals surface area contributed by atoms with E-state index in [1.807, 2.05) is 19.1 Å². The van der Waals surface area contributed by atoms with Gasteiger partial charge in [0.05, 0.1) is 17.2 Å². The molecule has 34 heavy (non-hydrogen) atoms. The van der Waals surface area contributed by atoms with Crippen LogP contribution >= 0.6 is 11.6 Å². The summed E-state index contributed by atoms with van der Waals surface area (Å²) in [5.41, 5.74) is 1.31. The Kier molecular flexibility index (Phi) is 8.96. The summed E-state index contributed by atoms with van der Waals surface area (Å²) in [5.74, 6) is 0.101. The molecule has 0 radical (unpaired) electrons. The SMILES string of the molecule is CCCCc1ccc(N(C(=O)COc2ccccc2OCC)S(=O)(=O)c2ccc(Cl)cc2)cc1. The minimum absolute atomic E-state index is 0.0463. The molecule has 0 N–H and O–H groups in total. The summed E-state index contributed by atoms with van der Waals surface area (Å²) in [4.78, 5) is 13.2. The van der Waals surface area contributed by atoms with E-state index in [2.05, 4.69) is 6.92 Å². The average molecular weight is 502 g/mol. The highest BCUT2D eigenvalue weighted by Gasteiger charge is 2.31. The van der Waals surface area contributed by atoms with E-state index in [9.17, 15) is 13.2 Å². The normalized spacial score (nSPS) is 11.1. The summed E-state index contributed by atoms with van der Waals surface area (Å²) in [7, 11) is -4.21. The van der Waals surface area contributed by atoms with Crippen molar-refractivity contribution in [1.29, 1.82) is 0 Å². The van der Waals surface area contributed by atoms with Crippen molar-refractivity contribution in [1.82, 2.24) is 0 Å². The number of anilines is 1. The first kappa shape index (κ1) is 25.6. The van der Waals surface area contributed by atoms with Crippen molar-refractivity contribution in [3.63, 3.8) is 0 Å². The summed E-state index contributed by atoms with van der Waals surface area (Å²) in [6, 6.07) is 19.6. The lowest BCUT2D eigenvalue weighted by Gasteiger charge is -2.23. The zero-order chi connectivity index (χ0) is 24.6. The largest absolute Gasteiger partial charge is 0.490 e. The molecular formula is C26H28ClNO5S. The second-order valence-corrected chi connectivity index (χ2v) is 9.78. The zero-order valence-electron chi connectivity index (χ0n) is 19.2. The highest BCUT2D eigenvalue weighted by molar-refractivity contribution is 7.93. The monoisotopic (exact) mass is 501 g/mol. The predicted molar refractivity (Wildman–Crippen MR) is 134 cm³/mol. The summed E-state index contributed by atoms with van der Waals surface area (Å²) >= 11 is 5.93. The molecule has 0 saturated carbocycles. The molecule has 0 unspecified atom stereocenters. The van der Waals surface area contributed by atoms with E-state index in [1.165, 1.54) is 24.3 Å². The van der Waals surface area contributed by atoms with E-state index in [0.29, 0.717) is 23.1 Å². The summed E-state index contributed by atoms with van der Waals surface area (Å²) < 4.78 is 39.0. The highest BCUT2D eigenvalue weighted by Crippen LogP contribution is 2.29. The molecule has 0 fully saturated rings. The van der Waals surface area contributed by atoms with Gasteiger partial charge in [-0.1, -0.05) is 49.2 Å². The summed E-state index contributed by atoms with van der Waals surface area (Å²) in [6.45, 7) is 3.88. The summed E-state index contributed by atoms with van der Waals surface area (Å²) in [6.07, 6.45) is 2.96. The van der Waals surface area contributed by atoms with Crippen molar-refractivity contribution in [3.05, 3.63) is 83.4 Å². The number of halogens is 1. The van der Waals surface area contributed by atoms with Crippen LogP contribution in [0.5, 0.6) is 11.5 Å². The van der Waals surface area contributed by atoms with Crippen LogP contribution in [0.1, 0.15) is 32.3 Å². The molecule has 6 nitrogen and oxygen atoms in total. The number of carbonyl (C=O) groups is 1. The Bertz CT molecular complexity index is 1190. The first-order valence-corrected chi connectivity index (χ1v) is 13.0. The van der Waals surface area contributed by atoms with Crippen molar-refractivity contribution in [3.8, 4) is 11.5 Å². The quantitative estimate of drug-likeness (QED) is 0.328. The number of hydrogen-bond donors (Lipinski definition) is 0. The number of hydrogen-bond acceptors (Lipinski definition) is 5. The van der Waals surface area contributed by atoms with Crippen molar-refractivity contribution in [2.24, 2.45) is 0 Å². The van der Waals surface area contributed by atoms with E-state index in [-0.39, 0.29) is 10.6 Å². The maximum atomic E-state index is 13.5. The molecule has 0 saturated heterocycles. The number of nitrogens with zero attached hydrogens (tertiary/aromatic N) is 1. The first-order valence-electron chi connectivity index (χ1n) is 11.1. The highest BCUT2D eigenvalue weighted by atomic mass is 35.5. The zero-order valence-corrected chi connectivity index (χ0v) is 20.8. The molecule has 0 atom stereocenters. The molecule has 180 valence electrons. The van der Waals surface area contributed by atoms with Gasteiger partial charge >= 0.3 is 0 Å². The Balaban J connectivity index is 1.93. The molecule has 3 aromatic rings. The van der Waals surface area contributed by atoms with Crippen LogP contribution in [-0.4, -0.2) is 27.5 Å². The lowest BCUT2D eigenvalue weighted by Crippen LogP contribution is -2.40. The first-order chi connectivity index (χ1) is 16.4. The average Bonchev–Trinajstić information content (AvgIpc) is 2.83. The van der Waals surface area contributed by atoms with Gasteiger partial charge in [0.2, 0.25) is 0 Å². The van der Waals surface area contributed by atoms with Gasteiger partial charge < -0.3 is 9.47 Å². The third-order valence-electron chi connectivity index (χ3n) is 5.07. The number of sulfonamides is 1. The Morgan fingerprint density at radius 1 is 0.882 bits per heavy atom. The van der Waals surface area contributed by atoms with Crippen molar-refractivity contribution in [2.75, 3.05) is 17.5 Å². The predicted octanol–water partition coefficient (Wildman–Crippen LogP) is 5.88. The number of amides is 1. The van der Waals surface area contributed by atoms with Gasteiger partial charge in [-0.3, -0.25) is 4.79 Å². The fourth-order valence-corrected chi connectivity index (χ4v) is 4.89. The van der Waals surface area contributed by atoms with Crippen molar-refractivity contribution >= 4 is 33.2 Å². The number of unbranched alkanes of at least 4 members (excludes halogenated alkanes) is 1. The minimum Gasteiger partial charge on any atom is -0.490 e. The van der Waals surface area contributed by atoms with Crippen molar-refractivity contribution in [2.45, 2.75) is 38.0 Å². The van der Waals surface area contributed by atoms with Gasteiger partial charge in [-0.05, 0) is 73.9 Å². The van der Waals surface area contributed by atoms with Gasteiger partial charge in [-0.25, -0.2) is 8.42 Å². The maximum Gasteiger partial charge on any atom is 0.278 e. The molecule has 0 heterocycles. The van der Waals surface area contributed by atoms with Crippen LogP contribution < -0.4 is 13.8 Å². The topological polar surface area (TPSA) is 72.9 Å². The van der Waals surface area contributed by atoms with E-state index in [0.717, 1.165) is 29.1 Å². The molecule has 3 rings (SSSR count). The Morgan fingerprint density at radius 3 is 2.09 bits per heavy atom. The third kappa shape index (κ3) is 6.30. The fraction of sp³-hybridized carbons (Fsp3) is 0.269. The van der Waals surface area contributed by atoms with Crippen LogP contribution in [0.15, 0.2) is 77.7 Å². The Hall–Kier alpha value is -3.03. The van der Waals surface area contributed by atoms with Crippen LogP contribution in [0.25, 0.3) is 0 Å². The molecule has 0 aromatic heterocycles. The standard InChI is InChI=1S/C26H28ClNO5S/c1-3-5-8-20-11-15-22(16-12-20)28(34(30,31)23-17-13-21(27)14-18-23)26(29)19-33-25-10-7-6-9-24(25)32-4-2/h6-7,9-18H,3-5,8,19H2,1-2H3. The van der Waals surface area contributed by atoms with E-state index >= 15 is 0 Å². The van der Waals surface area contributed by atoms with E-state index in [4.69, 9.17) is 21.1 Å². The Morgan fingerprint density at radius 2 is 1.50 bits per heavy atom. The van der Waals surface area contributed by atoms with Gasteiger partial charge in [-0.2, -0.15) is 4.31 Å². The second-order valence-electron chi connectivity index (χ2n) is 7.56. The number of aryl methyl sites for hydroxylation is 1. The molecule has 8 heteroatoms. The molecule has 0 bridgehead atoms. The van der Waals surface area contributed by atoms with E-state index in [1.54, 1.807) is 36.4 Å². The number of rotatable bonds is 11. The molecular weight excluding hydrogens is 474 g/mol. The molecule has 0 aliphatic carbocycles. The van der Waals surface area contributed by atoms with Crippen LogP contribution in [0.4, 0.5) is 5.69 Å². The number of benzene rings is 3. The second kappa shape index (κ2) is 11.9. The maximum absolute atomic E-state index is 13.5. The Labute approximate surface area is 206 Å². The smallest absolute Gasteiger partial charge is 0.278 e. The molecule has 3 aromatic carbocycles.